The van der Waals surface area contributed by atoms with E-state index in [-0.39, 0.29) is 5.54 Å². The van der Waals surface area contributed by atoms with Crippen LogP contribution >= 0.6 is 0 Å². The molecule has 0 atom stereocenters. The molecule has 4 nitrogen and oxygen atoms in total. The summed E-state index contributed by atoms with van der Waals surface area (Å²) in [6.07, 6.45) is 2.87. The number of nitrogens with two attached hydrogens (primary N) is 1. The van der Waals surface area contributed by atoms with E-state index in [4.69, 9.17) is 5.73 Å². The number of aromatic nitrogens is 2. The van der Waals surface area contributed by atoms with E-state index in [0.29, 0.717) is 0 Å². The molecule has 0 amide bonds. The second kappa shape index (κ2) is 3.67. The van der Waals surface area contributed by atoms with Gasteiger partial charge in [0.15, 0.2) is 0 Å². The lowest BCUT2D eigenvalue weighted by Gasteiger charge is -2.47. The number of rotatable bonds is 2. The molecule has 2 aromatic rings. The van der Waals surface area contributed by atoms with E-state index in [9.17, 15) is 0 Å². The molecule has 0 unspecified atom stereocenters. The topological polar surface area (TPSA) is 55.0 Å². The molecule has 1 aromatic heterocycles. The molecule has 0 radical (unpaired) electrons. The molecule has 0 bridgehead atoms. The minimum atomic E-state index is -0.0466. The fraction of sp³-hybridized carbons (Fsp3) is 0.385. The maximum absolute atomic E-state index is 6.15. The Hall–Kier alpha value is -1.68. The summed E-state index contributed by atoms with van der Waals surface area (Å²) in [5.74, 6) is 0.790. The highest BCUT2D eigenvalue weighted by molar-refractivity contribution is 5.78. The van der Waals surface area contributed by atoms with Crippen LogP contribution in [0.1, 0.15) is 13.3 Å². The van der Waals surface area contributed by atoms with E-state index >= 15 is 0 Å². The average Bonchev–Trinajstić information content (AvgIpc) is 2.34. The predicted octanol–water partition coefficient (Wildman–Crippen LogP) is 1.56. The minimum Gasteiger partial charge on any atom is -0.337 e. The zero-order chi connectivity index (χ0) is 11.9. The van der Waals surface area contributed by atoms with E-state index in [1.165, 1.54) is 0 Å². The molecule has 4 heteroatoms. The molecule has 1 aromatic carbocycles. The summed E-state index contributed by atoms with van der Waals surface area (Å²) in [7, 11) is 0. The summed E-state index contributed by atoms with van der Waals surface area (Å²) in [5.41, 5.74) is 7.09. The van der Waals surface area contributed by atoms with E-state index < -0.39 is 0 Å². The van der Waals surface area contributed by atoms with Crippen molar-refractivity contribution in [3.05, 3.63) is 30.5 Å². The second-order valence-electron chi connectivity index (χ2n) is 4.80. The van der Waals surface area contributed by atoms with E-state index in [1.54, 1.807) is 0 Å². The first-order valence-electron chi connectivity index (χ1n) is 5.96. The van der Waals surface area contributed by atoms with Crippen LogP contribution in [0.25, 0.3) is 10.9 Å². The number of hydrogen-bond acceptors (Lipinski definition) is 4. The van der Waals surface area contributed by atoms with Crippen molar-refractivity contribution in [1.82, 2.24) is 9.97 Å². The van der Waals surface area contributed by atoms with Crippen LogP contribution in [0.4, 0.5) is 5.95 Å². The molecule has 17 heavy (non-hydrogen) atoms. The van der Waals surface area contributed by atoms with Crippen LogP contribution in [0, 0.1) is 0 Å². The van der Waals surface area contributed by atoms with Crippen LogP contribution in [-0.4, -0.2) is 28.6 Å². The van der Waals surface area contributed by atoms with Crippen molar-refractivity contribution in [3.8, 4) is 0 Å². The van der Waals surface area contributed by atoms with Gasteiger partial charge in [-0.1, -0.05) is 25.1 Å². The minimum absolute atomic E-state index is 0.0466. The predicted molar refractivity (Wildman–Crippen MR) is 69.0 cm³/mol. The Morgan fingerprint density at radius 1 is 1.35 bits per heavy atom. The molecule has 1 aliphatic rings. The number of anilines is 1. The average molecular weight is 228 g/mol. The first kappa shape index (κ1) is 10.5. The van der Waals surface area contributed by atoms with Crippen molar-refractivity contribution >= 4 is 16.9 Å². The maximum Gasteiger partial charge on any atom is 0.226 e. The molecular weight excluding hydrogens is 212 g/mol. The standard InChI is InChI=1S/C13H16N4/c1-2-13(14)8-17(9-13)12-15-7-10-5-3-4-6-11(10)16-12/h3-7H,2,8-9,14H2,1H3. The van der Waals surface area contributed by atoms with Crippen molar-refractivity contribution in [2.24, 2.45) is 5.73 Å². The Morgan fingerprint density at radius 3 is 2.88 bits per heavy atom. The van der Waals surface area contributed by atoms with Gasteiger partial charge in [0.05, 0.1) is 11.1 Å². The van der Waals surface area contributed by atoms with Gasteiger partial charge in [-0.2, -0.15) is 0 Å². The monoisotopic (exact) mass is 228 g/mol. The number of benzene rings is 1. The molecule has 0 aliphatic carbocycles. The normalized spacial score (nSPS) is 18.1. The Balaban J connectivity index is 1.88. The summed E-state index contributed by atoms with van der Waals surface area (Å²) in [4.78, 5) is 11.1. The van der Waals surface area contributed by atoms with Gasteiger partial charge in [-0.3, -0.25) is 0 Å². The lowest BCUT2D eigenvalue weighted by molar-refractivity contribution is 0.318. The van der Waals surface area contributed by atoms with Crippen molar-refractivity contribution in [3.63, 3.8) is 0 Å². The summed E-state index contributed by atoms with van der Waals surface area (Å²) in [6.45, 7) is 3.82. The van der Waals surface area contributed by atoms with Gasteiger partial charge in [-0.15, -0.1) is 0 Å². The van der Waals surface area contributed by atoms with Gasteiger partial charge in [0.25, 0.3) is 0 Å². The molecule has 2 heterocycles. The summed E-state index contributed by atoms with van der Waals surface area (Å²) >= 11 is 0. The fourth-order valence-corrected chi connectivity index (χ4v) is 2.19. The molecule has 0 spiro atoms. The lowest BCUT2D eigenvalue weighted by atomic mass is 9.89. The van der Waals surface area contributed by atoms with Gasteiger partial charge in [-0.25, -0.2) is 9.97 Å². The highest BCUT2D eigenvalue weighted by Crippen LogP contribution is 2.26. The Labute approximate surface area is 100 Å². The van der Waals surface area contributed by atoms with Gasteiger partial charge in [-0.05, 0) is 12.5 Å². The zero-order valence-corrected chi connectivity index (χ0v) is 9.93. The van der Waals surface area contributed by atoms with Gasteiger partial charge in [0, 0.05) is 24.7 Å². The zero-order valence-electron chi connectivity index (χ0n) is 9.93. The third-order valence-electron chi connectivity index (χ3n) is 3.47. The molecular formula is C13H16N4. The molecule has 1 fully saturated rings. The first-order valence-corrected chi connectivity index (χ1v) is 5.96. The van der Waals surface area contributed by atoms with Crippen molar-refractivity contribution in [2.45, 2.75) is 18.9 Å². The number of nitrogens with zero attached hydrogens (tertiary/aromatic N) is 3. The van der Waals surface area contributed by atoms with Crippen LogP contribution in [0.2, 0.25) is 0 Å². The number of fused-ring (bicyclic) bond motifs is 1. The summed E-state index contributed by atoms with van der Waals surface area (Å²) < 4.78 is 0. The number of hydrogen-bond donors (Lipinski definition) is 1. The Bertz CT molecular complexity index is 546. The van der Waals surface area contributed by atoms with Gasteiger partial charge >= 0.3 is 0 Å². The Kier molecular flexibility index (Phi) is 2.26. The highest BCUT2D eigenvalue weighted by Gasteiger charge is 2.39. The SMILES string of the molecule is CCC1(N)CN(c2ncc3ccccc3n2)C1. The first-order chi connectivity index (χ1) is 8.20. The smallest absolute Gasteiger partial charge is 0.226 e. The van der Waals surface area contributed by atoms with Crippen molar-refractivity contribution in [1.29, 1.82) is 0 Å². The molecule has 1 aliphatic heterocycles. The molecule has 3 rings (SSSR count). The third-order valence-corrected chi connectivity index (χ3v) is 3.47. The van der Waals surface area contributed by atoms with Crippen molar-refractivity contribution in [2.75, 3.05) is 18.0 Å². The van der Waals surface area contributed by atoms with Crippen LogP contribution in [-0.2, 0) is 0 Å². The van der Waals surface area contributed by atoms with Crippen LogP contribution < -0.4 is 10.6 Å². The second-order valence-corrected chi connectivity index (χ2v) is 4.80. The molecule has 2 N–H and O–H groups in total. The molecule has 1 saturated heterocycles. The summed E-state index contributed by atoms with van der Waals surface area (Å²) in [6, 6.07) is 8.02. The van der Waals surface area contributed by atoms with Gasteiger partial charge in [0.1, 0.15) is 0 Å². The maximum atomic E-state index is 6.15. The van der Waals surface area contributed by atoms with Gasteiger partial charge < -0.3 is 10.6 Å². The van der Waals surface area contributed by atoms with Gasteiger partial charge in [0.2, 0.25) is 5.95 Å². The van der Waals surface area contributed by atoms with E-state index in [1.807, 2.05) is 30.5 Å². The van der Waals surface area contributed by atoms with Crippen LogP contribution in [0.5, 0.6) is 0 Å². The molecule has 0 saturated carbocycles. The third kappa shape index (κ3) is 1.74. The van der Waals surface area contributed by atoms with Crippen LogP contribution in [0.15, 0.2) is 30.5 Å². The fourth-order valence-electron chi connectivity index (χ4n) is 2.19. The largest absolute Gasteiger partial charge is 0.337 e. The van der Waals surface area contributed by atoms with Crippen molar-refractivity contribution < 1.29 is 0 Å². The number of para-hydroxylation sites is 1. The van der Waals surface area contributed by atoms with E-state index in [2.05, 4.69) is 21.8 Å². The quantitative estimate of drug-likeness (QED) is 0.847. The summed E-state index contributed by atoms with van der Waals surface area (Å²) in [5, 5.41) is 1.08. The lowest BCUT2D eigenvalue weighted by Crippen LogP contribution is -2.67. The van der Waals surface area contributed by atoms with E-state index in [0.717, 1.165) is 36.4 Å². The Morgan fingerprint density at radius 2 is 2.12 bits per heavy atom. The highest BCUT2D eigenvalue weighted by atomic mass is 15.3. The molecule has 88 valence electrons. The van der Waals surface area contributed by atoms with Crippen LogP contribution in [0.3, 0.4) is 0 Å².